The number of benzene rings is 1. The Balaban J connectivity index is 1.63. The highest BCUT2D eigenvalue weighted by Gasteiger charge is 2.26. The van der Waals surface area contributed by atoms with Crippen molar-refractivity contribution in [1.29, 1.82) is 0 Å². The van der Waals surface area contributed by atoms with Gasteiger partial charge in [0.25, 0.3) is 0 Å². The lowest BCUT2D eigenvalue weighted by atomic mass is 9.88. The summed E-state index contributed by atoms with van der Waals surface area (Å²) in [6.45, 7) is 0.382. The number of rotatable bonds is 7. The molecule has 1 heterocycles. The van der Waals surface area contributed by atoms with Gasteiger partial charge >= 0.3 is 0 Å². The molecule has 6 heteroatoms. The number of amides is 2. The van der Waals surface area contributed by atoms with Crippen LogP contribution in [0.3, 0.4) is 0 Å². The molecule has 1 aromatic heterocycles. The van der Waals surface area contributed by atoms with Crippen molar-refractivity contribution >= 4 is 23.2 Å². The van der Waals surface area contributed by atoms with Crippen LogP contribution in [0.4, 0.5) is 0 Å². The summed E-state index contributed by atoms with van der Waals surface area (Å²) in [4.78, 5) is 29.5. The molecule has 2 amide bonds. The van der Waals surface area contributed by atoms with Crippen molar-refractivity contribution in [3.63, 3.8) is 0 Å². The van der Waals surface area contributed by atoms with Crippen molar-refractivity contribution in [3.8, 4) is 0 Å². The van der Waals surface area contributed by atoms with Gasteiger partial charge in [-0.15, -0.1) is 11.3 Å². The summed E-state index contributed by atoms with van der Waals surface area (Å²) in [6, 6.07) is 9.23. The first-order chi connectivity index (χ1) is 12.7. The Labute approximate surface area is 158 Å². The average molecular weight is 372 g/mol. The Morgan fingerprint density at radius 2 is 1.92 bits per heavy atom. The van der Waals surface area contributed by atoms with E-state index < -0.39 is 6.04 Å². The summed E-state index contributed by atoms with van der Waals surface area (Å²) >= 11 is 1.50. The number of carbonyl (C=O) groups excluding carboxylic acids is 2. The SMILES string of the molecule is O=C(N[C@H](Cc1ccccc1)C(=O)NCc1cscn1)C1CCCCC1. The number of thiazole rings is 1. The molecular weight excluding hydrogens is 346 g/mol. The van der Waals surface area contributed by atoms with Crippen LogP contribution in [0.25, 0.3) is 0 Å². The zero-order valence-corrected chi connectivity index (χ0v) is 15.6. The van der Waals surface area contributed by atoms with E-state index in [4.69, 9.17) is 0 Å². The van der Waals surface area contributed by atoms with Crippen molar-refractivity contribution in [1.82, 2.24) is 15.6 Å². The minimum Gasteiger partial charge on any atom is -0.349 e. The van der Waals surface area contributed by atoms with E-state index in [9.17, 15) is 9.59 Å². The molecule has 0 unspecified atom stereocenters. The fourth-order valence-electron chi connectivity index (χ4n) is 3.34. The molecule has 1 fully saturated rings. The first kappa shape index (κ1) is 18.6. The molecule has 0 spiro atoms. The molecule has 5 nitrogen and oxygen atoms in total. The van der Waals surface area contributed by atoms with E-state index >= 15 is 0 Å². The van der Waals surface area contributed by atoms with Gasteiger partial charge < -0.3 is 10.6 Å². The molecular formula is C20H25N3O2S. The zero-order valence-electron chi connectivity index (χ0n) is 14.8. The molecule has 0 bridgehead atoms. The maximum absolute atomic E-state index is 12.7. The predicted molar refractivity (Wildman–Crippen MR) is 103 cm³/mol. The van der Waals surface area contributed by atoms with Gasteiger partial charge in [0, 0.05) is 17.7 Å². The van der Waals surface area contributed by atoms with Crippen LogP contribution in [0.5, 0.6) is 0 Å². The first-order valence-corrected chi connectivity index (χ1v) is 10.2. The van der Waals surface area contributed by atoms with E-state index in [1.54, 1.807) is 5.51 Å². The van der Waals surface area contributed by atoms with E-state index in [0.29, 0.717) is 13.0 Å². The zero-order chi connectivity index (χ0) is 18.2. The Kier molecular flexibility index (Phi) is 6.77. The van der Waals surface area contributed by atoms with Crippen molar-refractivity contribution < 1.29 is 9.59 Å². The number of hydrogen-bond donors (Lipinski definition) is 2. The van der Waals surface area contributed by atoms with Crippen molar-refractivity contribution in [2.75, 3.05) is 0 Å². The molecule has 1 aliphatic rings. The topological polar surface area (TPSA) is 71.1 Å². The summed E-state index contributed by atoms with van der Waals surface area (Å²) in [7, 11) is 0. The summed E-state index contributed by atoms with van der Waals surface area (Å²) < 4.78 is 0. The van der Waals surface area contributed by atoms with Crippen LogP contribution in [-0.4, -0.2) is 22.8 Å². The lowest BCUT2D eigenvalue weighted by Gasteiger charge is -2.24. The van der Waals surface area contributed by atoms with Crippen molar-refractivity contribution in [2.24, 2.45) is 5.92 Å². The minimum atomic E-state index is -0.564. The average Bonchev–Trinajstić information content (AvgIpc) is 3.20. The number of hydrogen-bond acceptors (Lipinski definition) is 4. The van der Waals surface area contributed by atoms with E-state index in [0.717, 1.165) is 36.9 Å². The van der Waals surface area contributed by atoms with Crippen LogP contribution in [0.2, 0.25) is 0 Å². The quantitative estimate of drug-likeness (QED) is 0.786. The molecule has 0 saturated heterocycles. The standard InChI is InChI=1S/C20H25N3O2S/c24-19(16-9-5-2-6-10-16)23-18(11-15-7-3-1-4-8-15)20(25)21-12-17-13-26-14-22-17/h1,3-4,7-8,13-14,16,18H,2,5-6,9-12H2,(H,21,25)(H,23,24)/t18-/m1/s1. The van der Waals surface area contributed by atoms with E-state index in [1.807, 2.05) is 35.7 Å². The Bertz CT molecular complexity index is 697. The van der Waals surface area contributed by atoms with E-state index in [-0.39, 0.29) is 17.7 Å². The van der Waals surface area contributed by atoms with Gasteiger partial charge in [0.15, 0.2) is 0 Å². The highest BCUT2D eigenvalue weighted by Crippen LogP contribution is 2.23. The molecule has 1 atom stereocenters. The molecule has 0 aliphatic heterocycles. The molecule has 26 heavy (non-hydrogen) atoms. The van der Waals surface area contributed by atoms with Gasteiger partial charge in [-0.05, 0) is 18.4 Å². The molecule has 3 rings (SSSR count). The summed E-state index contributed by atoms with van der Waals surface area (Å²) in [5.41, 5.74) is 3.61. The summed E-state index contributed by atoms with van der Waals surface area (Å²) in [5, 5.41) is 7.81. The number of nitrogens with zero attached hydrogens (tertiary/aromatic N) is 1. The number of nitrogens with one attached hydrogen (secondary N) is 2. The van der Waals surface area contributed by atoms with Crippen LogP contribution in [0.15, 0.2) is 41.2 Å². The highest BCUT2D eigenvalue weighted by molar-refractivity contribution is 7.07. The molecule has 1 aliphatic carbocycles. The second kappa shape index (κ2) is 9.48. The van der Waals surface area contributed by atoms with Gasteiger partial charge in [-0.25, -0.2) is 4.98 Å². The maximum Gasteiger partial charge on any atom is 0.243 e. The first-order valence-electron chi connectivity index (χ1n) is 9.21. The maximum atomic E-state index is 12.7. The number of carbonyl (C=O) groups is 2. The van der Waals surface area contributed by atoms with E-state index in [2.05, 4.69) is 15.6 Å². The molecule has 2 aromatic rings. The van der Waals surface area contributed by atoms with Crippen LogP contribution in [0.1, 0.15) is 43.4 Å². The fourth-order valence-corrected chi connectivity index (χ4v) is 3.90. The van der Waals surface area contributed by atoms with Gasteiger partial charge in [-0.3, -0.25) is 9.59 Å². The number of aromatic nitrogens is 1. The van der Waals surface area contributed by atoms with Gasteiger partial charge in [-0.2, -0.15) is 0 Å². The third kappa shape index (κ3) is 5.39. The normalized spacial score (nSPS) is 16.0. The highest BCUT2D eigenvalue weighted by atomic mass is 32.1. The van der Waals surface area contributed by atoms with Gasteiger partial charge in [-0.1, -0.05) is 49.6 Å². The third-order valence-corrected chi connectivity index (χ3v) is 5.45. The second-order valence-electron chi connectivity index (χ2n) is 6.78. The summed E-state index contributed by atoms with van der Waals surface area (Å²) in [5.74, 6) is -0.117. The van der Waals surface area contributed by atoms with Gasteiger partial charge in [0.2, 0.25) is 11.8 Å². The molecule has 0 radical (unpaired) electrons. The van der Waals surface area contributed by atoms with Crippen molar-refractivity contribution in [2.45, 2.75) is 51.1 Å². The van der Waals surface area contributed by atoms with Gasteiger partial charge in [0.05, 0.1) is 17.7 Å². The minimum absolute atomic E-state index is 0.00874. The van der Waals surface area contributed by atoms with Crippen LogP contribution in [0, 0.1) is 5.92 Å². The summed E-state index contributed by atoms with van der Waals surface area (Å²) in [6.07, 6.45) is 5.72. The van der Waals surface area contributed by atoms with Crippen LogP contribution < -0.4 is 10.6 Å². The lowest BCUT2D eigenvalue weighted by molar-refractivity contribution is -0.131. The molecule has 138 valence electrons. The van der Waals surface area contributed by atoms with Crippen LogP contribution >= 0.6 is 11.3 Å². The van der Waals surface area contributed by atoms with Gasteiger partial charge in [0.1, 0.15) is 6.04 Å². The Morgan fingerprint density at radius 1 is 1.15 bits per heavy atom. The fraction of sp³-hybridized carbons (Fsp3) is 0.450. The Hall–Kier alpha value is -2.21. The molecule has 1 saturated carbocycles. The molecule has 1 aromatic carbocycles. The Morgan fingerprint density at radius 3 is 2.62 bits per heavy atom. The monoisotopic (exact) mass is 371 g/mol. The second-order valence-corrected chi connectivity index (χ2v) is 7.50. The largest absolute Gasteiger partial charge is 0.349 e. The third-order valence-electron chi connectivity index (χ3n) is 4.82. The van der Waals surface area contributed by atoms with Crippen LogP contribution in [-0.2, 0) is 22.6 Å². The lowest BCUT2D eigenvalue weighted by Crippen LogP contribution is -2.49. The van der Waals surface area contributed by atoms with Crippen molar-refractivity contribution in [3.05, 3.63) is 52.5 Å². The predicted octanol–water partition coefficient (Wildman–Crippen LogP) is 3.07. The van der Waals surface area contributed by atoms with E-state index in [1.165, 1.54) is 17.8 Å². The smallest absolute Gasteiger partial charge is 0.243 e. The molecule has 2 N–H and O–H groups in total.